The van der Waals surface area contributed by atoms with Crippen molar-refractivity contribution in [2.75, 3.05) is 40.3 Å². The van der Waals surface area contributed by atoms with E-state index in [2.05, 4.69) is 57.8 Å². The Balaban J connectivity index is 0.000000292. The van der Waals surface area contributed by atoms with E-state index in [1.807, 2.05) is 27.8 Å². The number of hydrogen-bond donors (Lipinski definition) is 3. The van der Waals surface area contributed by atoms with Crippen LogP contribution in [0, 0.1) is 0 Å². The average Bonchev–Trinajstić information content (AvgIpc) is 4.05. The second-order valence-electron chi connectivity index (χ2n) is 19.7. The number of aromatic amines is 2. The molecule has 0 saturated carbocycles. The van der Waals surface area contributed by atoms with Gasteiger partial charge in [0, 0.05) is 61.5 Å². The van der Waals surface area contributed by atoms with Crippen LogP contribution in [0.4, 0.5) is 88.6 Å². The number of aliphatic hydroxyl groups excluding tert-OH is 1. The van der Waals surface area contributed by atoms with Crippen LogP contribution < -0.4 is 0 Å². The minimum absolute atomic E-state index is 0.0684. The van der Waals surface area contributed by atoms with E-state index in [9.17, 15) is 88.6 Å². The van der Waals surface area contributed by atoms with Gasteiger partial charge in [-0.05, 0) is 120 Å². The molecule has 6 rings (SSSR count). The topological polar surface area (TPSA) is 195 Å². The molecule has 4 aromatic rings. The molecule has 4 heterocycles. The number of nitrogens with one attached hydrogen (secondary N) is 2. The fourth-order valence-electron chi connectivity index (χ4n) is 7.75. The lowest BCUT2D eigenvalue weighted by Crippen LogP contribution is -2.54. The summed E-state index contributed by atoms with van der Waals surface area (Å²) >= 11 is 0. The molecule has 79 heavy (non-hydrogen) atoms. The molecule has 2 aliphatic rings. The number of carbonyl (C=O) groups is 2. The molecule has 2 aromatic heterocycles. The van der Waals surface area contributed by atoms with Crippen molar-refractivity contribution in [3.05, 3.63) is 58.7 Å². The Labute approximate surface area is 436 Å². The first-order chi connectivity index (χ1) is 35.9. The zero-order valence-electron chi connectivity index (χ0n) is 42.5. The largest absolute Gasteiger partial charge is 0.444 e. The van der Waals surface area contributed by atoms with Crippen molar-refractivity contribution < 1.29 is 103 Å². The predicted octanol–water partition coefficient (Wildman–Crippen LogP) is 10.4. The Kier molecular flexibility index (Phi) is 20.0. The van der Waals surface area contributed by atoms with Gasteiger partial charge in [0.15, 0.2) is 0 Å². The highest BCUT2D eigenvalue weighted by Crippen LogP contribution is 2.40. The van der Waals surface area contributed by atoms with Crippen molar-refractivity contribution in [3.8, 4) is 22.8 Å². The Morgan fingerprint density at radius 2 is 0.937 bits per heavy atom. The highest BCUT2D eigenvalue weighted by atomic mass is 19.4. The summed E-state index contributed by atoms with van der Waals surface area (Å²) < 4.78 is 231. The molecule has 444 valence electrons. The van der Waals surface area contributed by atoms with E-state index in [-0.39, 0.29) is 66.9 Å². The second kappa shape index (κ2) is 24.2. The lowest BCUT2D eigenvalue weighted by Gasteiger charge is -2.45. The average molecular weight is 1170 g/mol. The number of rotatable bonds is 9. The van der Waals surface area contributed by atoms with E-state index in [0.717, 1.165) is 29.2 Å². The molecule has 2 aromatic carbocycles. The summed E-state index contributed by atoms with van der Waals surface area (Å²) in [6.45, 7) is 10.5. The van der Waals surface area contributed by atoms with Crippen molar-refractivity contribution >= 4 is 12.2 Å². The van der Waals surface area contributed by atoms with Crippen LogP contribution in [-0.2, 0) is 34.9 Å². The van der Waals surface area contributed by atoms with Gasteiger partial charge in [-0.2, -0.15) is 89.5 Å². The summed E-state index contributed by atoms with van der Waals surface area (Å²) in [5.41, 5.74) is -1.75. The quantitative estimate of drug-likeness (QED) is 0.134. The summed E-state index contributed by atoms with van der Waals surface area (Å²) in [5.74, 6) is 0.0468. The molecular weight excluding hydrogens is 1120 g/mol. The van der Waals surface area contributed by atoms with Crippen LogP contribution in [0.15, 0.2) is 36.4 Å². The maximum absolute atomic E-state index is 13.2. The molecule has 0 bridgehead atoms. The first-order valence-corrected chi connectivity index (χ1v) is 23.0. The summed E-state index contributed by atoms with van der Waals surface area (Å²) in [6, 6.07) is 6.62. The van der Waals surface area contributed by atoms with Crippen molar-refractivity contribution in [3.63, 3.8) is 0 Å². The molecule has 0 radical (unpaired) electrons. The van der Waals surface area contributed by atoms with Crippen molar-refractivity contribution in [2.24, 2.45) is 0 Å². The minimum Gasteiger partial charge on any atom is -0.444 e. The zero-order valence-corrected chi connectivity index (χ0v) is 42.5. The molecule has 0 aliphatic carbocycles. The van der Waals surface area contributed by atoms with Gasteiger partial charge in [-0.1, -0.05) is 12.1 Å². The maximum Gasteiger partial charge on any atom is 0.434 e. The van der Waals surface area contributed by atoms with Gasteiger partial charge in [-0.3, -0.25) is 9.80 Å². The first-order valence-electron chi connectivity index (χ1n) is 23.0. The molecule has 0 unspecified atom stereocenters. The Hall–Kier alpha value is -6.26. The summed E-state index contributed by atoms with van der Waals surface area (Å²) in [5, 5.41) is 34.0. The number of amides is 2. The van der Waals surface area contributed by atoms with Crippen LogP contribution in [0.1, 0.15) is 82.6 Å². The number of H-pyrrole nitrogens is 2. The minimum atomic E-state index is -5.82. The third kappa shape index (κ3) is 18.1. The SMILES string of the molecule is CN(Cc1ccc(C(F)(F)F)cc1-c1nn[nH]n1)C1(C)CCN(C(=O)OC(C(F)(F)F)C(F)(F)F)CC1.CN(Cc1ccc(C(F)(F)F)cc1-c1nn[nH]n1)C1(C)CCN(C(=O)OC(C)(C)C)CC1.OC(C(F)(F)F)C(F)(F)F. The highest BCUT2D eigenvalue weighted by Gasteiger charge is 2.60. The van der Waals surface area contributed by atoms with Crippen molar-refractivity contribution in [1.29, 1.82) is 0 Å². The number of aromatic nitrogens is 8. The van der Waals surface area contributed by atoms with E-state index in [1.165, 1.54) is 12.1 Å². The van der Waals surface area contributed by atoms with Gasteiger partial charge in [0.25, 0.3) is 6.10 Å². The summed E-state index contributed by atoms with van der Waals surface area (Å²) in [4.78, 5) is 30.7. The molecule has 2 fully saturated rings. The normalized spacial score (nSPS) is 16.6. The van der Waals surface area contributed by atoms with Crippen LogP contribution in [0.25, 0.3) is 22.8 Å². The molecule has 2 amide bonds. The van der Waals surface area contributed by atoms with Gasteiger partial charge in [-0.25, -0.2) is 9.59 Å². The fourth-order valence-corrected chi connectivity index (χ4v) is 7.75. The first kappa shape index (κ1) is 65.3. The van der Waals surface area contributed by atoms with Crippen LogP contribution in [0.3, 0.4) is 0 Å². The number of alkyl halides is 18. The molecule has 0 spiro atoms. The third-order valence-electron chi connectivity index (χ3n) is 12.7. The summed E-state index contributed by atoms with van der Waals surface area (Å²) in [7, 11) is 3.58. The molecule has 0 atom stereocenters. The van der Waals surface area contributed by atoms with E-state index in [0.29, 0.717) is 43.6 Å². The van der Waals surface area contributed by atoms with Gasteiger partial charge >= 0.3 is 49.2 Å². The van der Waals surface area contributed by atoms with Gasteiger partial charge in [0.2, 0.25) is 17.8 Å². The van der Waals surface area contributed by atoms with E-state index >= 15 is 0 Å². The molecular formula is C44H52F18N12O5. The van der Waals surface area contributed by atoms with Crippen LogP contribution in [-0.4, -0.2) is 172 Å². The van der Waals surface area contributed by atoms with Gasteiger partial charge in [-0.15, -0.1) is 20.4 Å². The number of likely N-dealkylation sites (tertiary alicyclic amines) is 2. The smallest absolute Gasteiger partial charge is 0.434 e. The number of nitrogens with zero attached hydrogens (tertiary/aromatic N) is 10. The number of piperidine rings is 2. The van der Waals surface area contributed by atoms with Crippen LogP contribution in [0.5, 0.6) is 0 Å². The Morgan fingerprint density at radius 1 is 0.595 bits per heavy atom. The van der Waals surface area contributed by atoms with E-state index in [1.54, 1.807) is 23.8 Å². The molecule has 2 aliphatic heterocycles. The number of ether oxygens (including phenoxy) is 2. The Morgan fingerprint density at radius 3 is 1.20 bits per heavy atom. The third-order valence-corrected chi connectivity index (χ3v) is 12.7. The van der Waals surface area contributed by atoms with Gasteiger partial charge < -0.3 is 24.4 Å². The molecule has 35 heteroatoms. The Bertz CT molecular complexity index is 2580. The molecule has 3 N–H and O–H groups in total. The fraction of sp³-hybridized carbons (Fsp3) is 0.636. The zero-order chi connectivity index (χ0) is 60.1. The number of halogens is 18. The van der Waals surface area contributed by atoms with Gasteiger partial charge in [0.1, 0.15) is 5.60 Å². The lowest BCUT2D eigenvalue weighted by atomic mass is 9.87. The number of hydrogen-bond acceptors (Lipinski definition) is 13. The molecule has 17 nitrogen and oxygen atoms in total. The van der Waals surface area contributed by atoms with Crippen LogP contribution in [0.2, 0.25) is 0 Å². The number of tetrazole rings is 2. The maximum atomic E-state index is 13.2. The van der Waals surface area contributed by atoms with E-state index in [4.69, 9.17) is 9.84 Å². The summed E-state index contributed by atoms with van der Waals surface area (Å²) in [6.07, 6.45) is -40.8. The number of carbonyl (C=O) groups excluding carboxylic acids is 2. The van der Waals surface area contributed by atoms with E-state index < -0.39 is 77.6 Å². The van der Waals surface area contributed by atoms with Crippen LogP contribution >= 0.6 is 0 Å². The number of aliphatic hydroxyl groups is 1. The highest BCUT2D eigenvalue weighted by molar-refractivity contribution is 5.69. The van der Waals surface area contributed by atoms with Crippen molar-refractivity contribution in [2.45, 2.75) is 139 Å². The second-order valence-corrected chi connectivity index (χ2v) is 19.7. The monoisotopic (exact) mass is 1170 g/mol. The van der Waals surface area contributed by atoms with Crippen molar-refractivity contribution in [1.82, 2.24) is 60.8 Å². The van der Waals surface area contributed by atoms with Gasteiger partial charge in [0.05, 0.1) is 11.1 Å². The standard InChI is InChI=1S/C21H29F3N6O2.C20H21F9N6O2.C3H2F6O/c1-19(2,3)32-18(31)30-10-8-20(4,9-11-30)29(5)13-14-6-7-15(21(22,23)24)12-16(14)17-25-27-28-26-17;1-17(5-7-35(8-6-17)16(36)37-15(19(24,25)26)20(27,28)29)34(2)10-11-3-4-12(18(21,22)23)9-13(11)14-30-32-33-31-14;4-2(5,6)1(10)3(7,8)9/h6-7,12H,8-11,13H2,1-5H3,(H,25,26,27,28);3-4,9,15H,5-8,10H2,1-2H3,(H,30,31,32,33);1,10H. The predicted molar refractivity (Wildman–Crippen MR) is 237 cm³/mol. The number of benzene rings is 2. The lowest BCUT2D eigenvalue weighted by molar-refractivity contribution is -0.309. The molecule has 2 saturated heterocycles.